The fraction of sp³-hybridized carbons (Fsp3) is 0.433. The molecule has 0 radical (unpaired) electrons. The van der Waals surface area contributed by atoms with Crippen molar-refractivity contribution in [1.82, 2.24) is 25.9 Å². The van der Waals surface area contributed by atoms with Crippen molar-refractivity contribution in [2.45, 2.75) is 70.7 Å². The molecular weight excluding hydrogens is 478 g/mol. The quantitative estimate of drug-likeness (QED) is 0.100. The molecule has 3 N–H and O–H groups in total. The highest BCUT2D eigenvalue weighted by Gasteiger charge is 2.33. The van der Waals surface area contributed by atoms with Crippen molar-refractivity contribution >= 4 is 23.1 Å². The number of fused-ring (bicyclic) bond motifs is 2. The molecule has 0 spiro atoms. The number of hydrogen-bond donors (Lipinski definition) is 3. The summed E-state index contributed by atoms with van der Waals surface area (Å²) in [6.45, 7) is 5.98. The number of allylic oxidation sites excluding steroid dienone is 1. The van der Waals surface area contributed by atoms with Crippen LogP contribution in [0.1, 0.15) is 82.5 Å². The van der Waals surface area contributed by atoms with Gasteiger partial charge in [-0.2, -0.15) is 5.10 Å². The Morgan fingerprint density at radius 1 is 1.18 bits per heavy atom. The molecule has 0 aliphatic carbocycles. The Balaban J connectivity index is 1.13. The van der Waals surface area contributed by atoms with E-state index in [1.807, 2.05) is 30.3 Å². The lowest BCUT2D eigenvalue weighted by atomic mass is 10.0. The van der Waals surface area contributed by atoms with Crippen LogP contribution in [0.25, 0.3) is 10.9 Å². The highest BCUT2D eigenvalue weighted by Crippen LogP contribution is 2.28. The molecule has 1 amide bonds. The number of hydroxylamine groups is 1. The van der Waals surface area contributed by atoms with Gasteiger partial charge < -0.3 is 10.2 Å². The van der Waals surface area contributed by atoms with Crippen LogP contribution in [0.5, 0.6) is 0 Å². The number of H-pyrrole nitrogens is 1. The Hall–Kier alpha value is -3.33. The number of amides is 1. The molecule has 202 valence electrons. The maximum absolute atomic E-state index is 12.9. The molecule has 8 heteroatoms. The molecule has 0 bridgehead atoms. The van der Waals surface area contributed by atoms with Gasteiger partial charge in [0.05, 0.1) is 11.2 Å². The van der Waals surface area contributed by atoms with Crippen molar-refractivity contribution in [3.8, 4) is 0 Å². The van der Waals surface area contributed by atoms with Crippen LogP contribution in [0.15, 0.2) is 49.1 Å². The van der Waals surface area contributed by atoms with E-state index in [4.69, 9.17) is 4.84 Å². The number of benzene rings is 2. The third kappa shape index (κ3) is 6.75. The summed E-state index contributed by atoms with van der Waals surface area (Å²) in [5.41, 5.74) is 8.37. The van der Waals surface area contributed by atoms with Crippen LogP contribution < -0.4 is 10.8 Å². The minimum Gasteiger partial charge on any atom is -0.311 e. The van der Waals surface area contributed by atoms with Crippen molar-refractivity contribution in [3.63, 3.8) is 0 Å². The lowest BCUT2D eigenvalue weighted by Crippen LogP contribution is -2.40. The van der Waals surface area contributed by atoms with Crippen LogP contribution in [-0.2, 0) is 24.3 Å². The van der Waals surface area contributed by atoms with Crippen LogP contribution in [0.4, 0.5) is 0 Å². The zero-order chi connectivity index (χ0) is 26.7. The van der Waals surface area contributed by atoms with Crippen LogP contribution in [0, 0.1) is 0 Å². The summed E-state index contributed by atoms with van der Waals surface area (Å²) in [5, 5.41) is 11.7. The number of nitrogens with zero attached hydrogens (tertiary/aromatic N) is 2. The number of carbonyl (C=O) groups is 2. The van der Waals surface area contributed by atoms with Gasteiger partial charge in [0.15, 0.2) is 12.5 Å². The standard InChI is InChI=1S/C30H39N5O3/c1-3-4-14-28(38-31-2)35-20-24-18-22(15-16-25(24)30(35)37)11-8-6-5-7-9-17-32-19-27-29-23(21-36)12-10-13-26(29)33-34-27/h3,10,12-13,15-16,18,21,28,31-32H,1,4-9,11,14,17,19-20H2,2H3,(H,33,34). The number of aryl methyl sites for hydroxylation is 1. The van der Waals surface area contributed by atoms with Gasteiger partial charge in [-0.3, -0.25) is 19.5 Å². The van der Waals surface area contributed by atoms with E-state index in [2.05, 4.69) is 39.7 Å². The van der Waals surface area contributed by atoms with Gasteiger partial charge in [0.1, 0.15) is 0 Å². The molecule has 4 rings (SSSR count). The summed E-state index contributed by atoms with van der Waals surface area (Å²) >= 11 is 0. The van der Waals surface area contributed by atoms with Crippen LogP contribution >= 0.6 is 0 Å². The van der Waals surface area contributed by atoms with Crippen molar-refractivity contribution < 1.29 is 14.4 Å². The van der Waals surface area contributed by atoms with Crippen molar-refractivity contribution in [2.24, 2.45) is 0 Å². The van der Waals surface area contributed by atoms with Gasteiger partial charge in [0.25, 0.3) is 5.91 Å². The Bertz CT molecular complexity index is 1240. The Morgan fingerprint density at radius 2 is 2.03 bits per heavy atom. The Morgan fingerprint density at radius 3 is 2.84 bits per heavy atom. The first-order chi connectivity index (χ1) is 18.7. The number of aldehydes is 1. The average molecular weight is 518 g/mol. The molecule has 2 aromatic carbocycles. The van der Waals surface area contributed by atoms with Gasteiger partial charge >= 0.3 is 0 Å². The fourth-order valence-electron chi connectivity index (χ4n) is 5.17. The van der Waals surface area contributed by atoms with E-state index in [-0.39, 0.29) is 12.1 Å². The van der Waals surface area contributed by atoms with E-state index in [9.17, 15) is 9.59 Å². The average Bonchev–Trinajstić information content (AvgIpc) is 3.50. The van der Waals surface area contributed by atoms with Crippen LogP contribution in [0.2, 0.25) is 0 Å². The first kappa shape index (κ1) is 27.7. The predicted octanol–water partition coefficient (Wildman–Crippen LogP) is 5.06. The topological polar surface area (TPSA) is 99.3 Å². The third-order valence-electron chi connectivity index (χ3n) is 7.16. The van der Waals surface area contributed by atoms with Gasteiger partial charge in [-0.25, -0.2) is 5.48 Å². The van der Waals surface area contributed by atoms with E-state index < -0.39 is 0 Å². The minimum absolute atomic E-state index is 0.0365. The van der Waals surface area contributed by atoms with E-state index in [0.29, 0.717) is 25.1 Å². The van der Waals surface area contributed by atoms with Gasteiger partial charge in [0, 0.05) is 36.7 Å². The highest BCUT2D eigenvalue weighted by atomic mass is 16.7. The van der Waals surface area contributed by atoms with E-state index in [1.165, 1.54) is 24.8 Å². The molecule has 0 fully saturated rings. The Labute approximate surface area is 224 Å². The largest absolute Gasteiger partial charge is 0.311 e. The summed E-state index contributed by atoms with van der Waals surface area (Å²) in [7, 11) is 1.72. The van der Waals surface area contributed by atoms with E-state index in [1.54, 1.807) is 11.9 Å². The number of nitrogens with one attached hydrogen (secondary N) is 3. The van der Waals surface area contributed by atoms with Gasteiger partial charge in [0.2, 0.25) is 0 Å². The second-order valence-electron chi connectivity index (χ2n) is 9.82. The number of aromatic amines is 1. The summed E-state index contributed by atoms with van der Waals surface area (Å²) in [4.78, 5) is 31.7. The first-order valence-electron chi connectivity index (χ1n) is 13.6. The highest BCUT2D eigenvalue weighted by molar-refractivity contribution is 5.99. The Kier molecular flexibility index (Phi) is 10.2. The zero-order valence-electron chi connectivity index (χ0n) is 22.3. The fourth-order valence-corrected chi connectivity index (χ4v) is 5.17. The van der Waals surface area contributed by atoms with Crippen LogP contribution in [-0.4, -0.2) is 47.1 Å². The van der Waals surface area contributed by atoms with Crippen molar-refractivity contribution in [2.75, 3.05) is 13.6 Å². The minimum atomic E-state index is -0.302. The molecular formula is C30H39N5O3. The first-order valence-corrected chi connectivity index (χ1v) is 13.6. The number of carbonyl (C=O) groups excluding carboxylic acids is 2. The molecule has 1 unspecified atom stereocenters. The van der Waals surface area contributed by atoms with Gasteiger partial charge in [-0.1, -0.05) is 49.6 Å². The summed E-state index contributed by atoms with van der Waals surface area (Å²) in [6, 6.07) is 11.9. The lowest BCUT2D eigenvalue weighted by Gasteiger charge is -2.26. The molecule has 3 aromatic rings. The predicted molar refractivity (Wildman–Crippen MR) is 150 cm³/mol. The normalized spacial score (nSPS) is 13.7. The zero-order valence-corrected chi connectivity index (χ0v) is 22.3. The SMILES string of the molecule is C=CCCC(ONC)N1Cc2cc(CCCCCCCNCc3[nH]nc4cccc(C=O)c34)ccc2C1=O. The van der Waals surface area contributed by atoms with Crippen molar-refractivity contribution in [3.05, 3.63) is 77.0 Å². The number of hydrogen-bond acceptors (Lipinski definition) is 6. The lowest BCUT2D eigenvalue weighted by molar-refractivity contribution is -0.0915. The molecule has 8 nitrogen and oxygen atoms in total. The van der Waals surface area contributed by atoms with Gasteiger partial charge in [-0.05, 0) is 61.9 Å². The van der Waals surface area contributed by atoms with E-state index >= 15 is 0 Å². The summed E-state index contributed by atoms with van der Waals surface area (Å²) < 4.78 is 0. The molecule has 2 heterocycles. The maximum Gasteiger partial charge on any atom is 0.256 e. The molecule has 0 saturated heterocycles. The molecule has 1 aliphatic rings. The number of unbranched alkanes of at least 4 members (excludes halogenated alkanes) is 4. The van der Waals surface area contributed by atoms with E-state index in [0.717, 1.165) is 66.2 Å². The third-order valence-corrected chi connectivity index (χ3v) is 7.16. The van der Waals surface area contributed by atoms with Gasteiger partial charge in [-0.15, -0.1) is 6.58 Å². The maximum atomic E-state index is 12.9. The molecule has 1 aromatic heterocycles. The second kappa shape index (κ2) is 14.0. The molecule has 1 atom stereocenters. The summed E-state index contributed by atoms with van der Waals surface area (Å²) in [6.07, 6.45) is 10.8. The van der Waals surface area contributed by atoms with Crippen molar-refractivity contribution in [1.29, 1.82) is 0 Å². The monoisotopic (exact) mass is 517 g/mol. The number of rotatable bonds is 17. The smallest absolute Gasteiger partial charge is 0.256 e. The molecule has 38 heavy (non-hydrogen) atoms. The van der Waals surface area contributed by atoms with Crippen LogP contribution in [0.3, 0.4) is 0 Å². The summed E-state index contributed by atoms with van der Waals surface area (Å²) in [5.74, 6) is 0.0365. The molecule has 1 aliphatic heterocycles. The second-order valence-corrected chi connectivity index (χ2v) is 9.82. The number of aromatic nitrogens is 2. The molecule has 0 saturated carbocycles.